The van der Waals surface area contributed by atoms with E-state index in [4.69, 9.17) is 10.5 Å². The minimum Gasteiger partial charge on any atom is -0.444 e. The van der Waals surface area contributed by atoms with E-state index in [-0.39, 0.29) is 65.8 Å². The summed E-state index contributed by atoms with van der Waals surface area (Å²) in [7, 11) is 0. The summed E-state index contributed by atoms with van der Waals surface area (Å²) in [6, 6.07) is 16.4. The van der Waals surface area contributed by atoms with Crippen molar-refractivity contribution in [1.82, 2.24) is 63.5 Å². The molecule has 5 N–H and O–H groups in total. The normalized spacial score (nSPS) is 17.6. The monoisotopic (exact) mass is 1220 g/mol. The molecule has 9 amide bonds. The molecule has 14 rings (SSSR count). The van der Waals surface area contributed by atoms with Gasteiger partial charge in [0.1, 0.15) is 28.5 Å². The molecule has 6 aliphatic rings. The molecule has 0 saturated carbocycles. The number of aromatic nitrogens is 6. The number of amides is 9. The van der Waals surface area contributed by atoms with Crippen molar-refractivity contribution in [2.75, 3.05) is 52.4 Å². The van der Waals surface area contributed by atoms with E-state index in [0.29, 0.717) is 127 Å². The standard InChI is InChI=1S/C34H36FN7O5.C29H28FN7O3.ClH/c1-34(2,3)47-32(45)37-16-20-7-10-39(11-8-20)33(46)41-13-12-40-19-24(23-15-22(35)14-21(18-41)29(23)40)27-28(31(44)38-30(27)43)25-17-36-26-6-4-5-9-42(25)26;30-19-11-18-15-36(29(40)34-7-4-17(13-31)5-8-34)10-9-35-16-21(20(12-19)26(18)35)24-25(28(39)33-27(24)38)22-14-32-23-3-1-2-6-37(22)23;/h4-6,9,14-15,17,19-20H,7-8,10-13,16,18H2,1-3H3,(H,37,45)(H,38,43,44);1-3,6,11-12,14,16-17H,4-5,7-10,13,15,31H2,(H,33,38,39);1H. The van der Waals surface area contributed by atoms with E-state index in [9.17, 15) is 33.6 Å². The second-order valence-electron chi connectivity index (χ2n) is 24.0. The van der Waals surface area contributed by atoms with Crippen LogP contribution < -0.4 is 21.7 Å². The molecule has 2 aromatic carbocycles. The van der Waals surface area contributed by atoms with E-state index in [1.807, 2.05) is 70.0 Å². The largest absolute Gasteiger partial charge is 0.444 e. The molecule has 456 valence electrons. The van der Waals surface area contributed by atoms with Crippen LogP contribution in [0.4, 0.5) is 23.2 Å². The molecule has 0 spiro atoms. The number of urea groups is 2. The van der Waals surface area contributed by atoms with Gasteiger partial charge in [0, 0.05) is 119 Å². The van der Waals surface area contributed by atoms with E-state index in [1.54, 1.807) is 61.8 Å². The quantitative estimate of drug-likeness (QED) is 0.116. The number of imidazole rings is 2. The Bertz CT molecular complexity index is 4270. The molecule has 0 atom stereocenters. The number of fused-ring (bicyclic) bond motifs is 2. The number of rotatable bonds is 7. The summed E-state index contributed by atoms with van der Waals surface area (Å²) in [4.78, 5) is 108. The van der Waals surface area contributed by atoms with Gasteiger partial charge >= 0.3 is 18.2 Å². The SMILES string of the molecule is CC(C)(C)OC(=O)NCC1CCN(C(=O)N2CCn3cc(C4=C(c5cnc6ccccn56)C(=O)NC4=O)c4cc(F)cc(c43)C2)CC1.Cl.NCC1CCN(C(=O)N2CCn3cc(C4=C(c5cnc6ccccn56)C(=O)NC4=O)c4cc(F)cc(c43)C2)CC1. The first kappa shape index (κ1) is 58.9. The zero-order valence-corrected chi connectivity index (χ0v) is 49.5. The Balaban J connectivity index is 0.000000171. The number of likely N-dealkylation sites (tertiary alicyclic amines) is 2. The van der Waals surface area contributed by atoms with Gasteiger partial charge in [0.05, 0.1) is 57.1 Å². The van der Waals surface area contributed by atoms with Crippen LogP contribution in [0.2, 0.25) is 0 Å². The van der Waals surface area contributed by atoms with Gasteiger partial charge in [-0.05, 0) is 124 Å². The van der Waals surface area contributed by atoms with Crippen LogP contribution in [0.5, 0.6) is 0 Å². The lowest BCUT2D eigenvalue weighted by atomic mass is 9.97. The lowest BCUT2D eigenvalue weighted by Gasteiger charge is -2.35. The second-order valence-corrected chi connectivity index (χ2v) is 24.0. The summed E-state index contributed by atoms with van der Waals surface area (Å²) in [6.07, 6.45) is 13.1. The highest BCUT2D eigenvalue weighted by Gasteiger charge is 2.39. The van der Waals surface area contributed by atoms with E-state index < -0.39 is 47.0 Å². The van der Waals surface area contributed by atoms with Gasteiger partial charge in [-0.3, -0.25) is 38.6 Å². The zero-order valence-electron chi connectivity index (χ0n) is 48.7. The Morgan fingerprint density at radius 3 is 1.47 bits per heavy atom. The van der Waals surface area contributed by atoms with Gasteiger partial charge in [-0.2, -0.15) is 0 Å². The van der Waals surface area contributed by atoms with Crippen molar-refractivity contribution in [2.24, 2.45) is 17.6 Å². The Kier molecular flexibility index (Phi) is 15.6. The van der Waals surface area contributed by atoms with E-state index in [0.717, 1.165) is 36.7 Å². The van der Waals surface area contributed by atoms with Crippen LogP contribution >= 0.6 is 12.4 Å². The number of nitrogens with one attached hydrogen (secondary N) is 3. The molecular formula is C63H65ClF2N14O8. The van der Waals surface area contributed by atoms with Gasteiger partial charge in [0.2, 0.25) is 0 Å². The van der Waals surface area contributed by atoms with Crippen LogP contribution in [0.25, 0.3) is 55.4 Å². The molecule has 0 unspecified atom stereocenters. The molecule has 22 nitrogen and oxygen atoms in total. The Morgan fingerprint density at radius 1 is 0.602 bits per heavy atom. The Morgan fingerprint density at radius 2 is 1.03 bits per heavy atom. The number of hydrogen-bond donors (Lipinski definition) is 4. The van der Waals surface area contributed by atoms with Gasteiger partial charge in [-0.1, -0.05) is 12.1 Å². The minimum atomic E-state index is -0.566. The molecule has 88 heavy (non-hydrogen) atoms. The minimum absolute atomic E-state index is 0. The highest BCUT2D eigenvalue weighted by Crippen LogP contribution is 2.41. The highest BCUT2D eigenvalue weighted by atomic mass is 35.5. The van der Waals surface area contributed by atoms with E-state index >= 15 is 8.78 Å². The molecule has 0 radical (unpaired) electrons. The number of pyridine rings is 2. The van der Waals surface area contributed by atoms with Crippen molar-refractivity contribution in [3.8, 4) is 0 Å². The molecule has 6 aliphatic heterocycles. The average molecular weight is 1220 g/mol. The number of benzene rings is 2. The lowest BCUT2D eigenvalue weighted by molar-refractivity contribution is -0.124. The Labute approximate surface area is 509 Å². The van der Waals surface area contributed by atoms with Crippen LogP contribution in [0.1, 0.15) is 80.1 Å². The number of piperidine rings is 2. The first-order valence-corrected chi connectivity index (χ1v) is 29.3. The number of carbonyl (C=O) groups is 7. The summed E-state index contributed by atoms with van der Waals surface area (Å²) in [5.74, 6) is -2.45. The summed E-state index contributed by atoms with van der Waals surface area (Å²) >= 11 is 0. The maximum atomic E-state index is 15.3. The molecule has 8 aromatic rings. The number of halogens is 3. The fourth-order valence-corrected chi connectivity index (χ4v) is 13.1. The average Bonchev–Trinajstić information content (AvgIpc) is 1.61. The van der Waals surface area contributed by atoms with Gasteiger partial charge < -0.3 is 44.5 Å². The van der Waals surface area contributed by atoms with Crippen molar-refractivity contribution >= 4 is 110 Å². The van der Waals surface area contributed by atoms with Gasteiger partial charge in [0.15, 0.2) is 0 Å². The predicted molar refractivity (Wildman–Crippen MR) is 325 cm³/mol. The third kappa shape index (κ3) is 10.9. The Hall–Kier alpha value is -9.42. The fourth-order valence-electron chi connectivity index (χ4n) is 13.1. The maximum Gasteiger partial charge on any atom is 0.407 e. The van der Waals surface area contributed by atoms with Gasteiger partial charge in [-0.25, -0.2) is 33.1 Å². The van der Waals surface area contributed by atoms with Crippen LogP contribution in [0.3, 0.4) is 0 Å². The van der Waals surface area contributed by atoms with Crippen molar-refractivity contribution in [3.63, 3.8) is 0 Å². The van der Waals surface area contributed by atoms with E-state index in [2.05, 4.69) is 25.9 Å². The molecule has 25 heteroatoms. The summed E-state index contributed by atoms with van der Waals surface area (Å²) in [5.41, 5.74) is 11.9. The molecule has 2 fully saturated rings. The first-order valence-electron chi connectivity index (χ1n) is 29.3. The number of ether oxygens (including phenoxy) is 1. The smallest absolute Gasteiger partial charge is 0.407 e. The lowest BCUT2D eigenvalue weighted by Crippen LogP contribution is -2.48. The fraction of sp³-hybridized carbons (Fsp3) is 0.349. The highest BCUT2D eigenvalue weighted by molar-refractivity contribution is 6.50. The third-order valence-corrected chi connectivity index (χ3v) is 17.3. The van der Waals surface area contributed by atoms with Crippen molar-refractivity contribution in [2.45, 2.75) is 78.2 Å². The number of nitrogens with two attached hydrogens (primary N) is 1. The maximum absolute atomic E-state index is 15.3. The third-order valence-electron chi connectivity index (χ3n) is 17.3. The predicted octanol–water partition coefficient (Wildman–Crippen LogP) is 7.19. The molecule has 12 heterocycles. The number of nitrogens with zero attached hydrogens (tertiary/aromatic N) is 10. The number of imide groups is 2. The number of carbonyl (C=O) groups excluding carboxylic acids is 7. The molecule has 0 aliphatic carbocycles. The van der Waals surface area contributed by atoms with Crippen molar-refractivity contribution < 1.29 is 47.1 Å². The zero-order chi connectivity index (χ0) is 60.6. The van der Waals surface area contributed by atoms with Crippen LogP contribution in [-0.4, -0.2) is 147 Å². The summed E-state index contributed by atoms with van der Waals surface area (Å²) in [5, 5.41) is 8.70. The molecule has 0 bridgehead atoms. The van der Waals surface area contributed by atoms with Crippen LogP contribution in [0, 0.1) is 23.5 Å². The van der Waals surface area contributed by atoms with Crippen molar-refractivity contribution in [3.05, 3.63) is 143 Å². The molecule has 6 aromatic heterocycles. The first-order chi connectivity index (χ1) is 41.9. The van der Waals surface area contributed by atoms with Crippen molar-refractivity contribution in [1.29, 1.82) is 0 Å². The second kappa shape index (κ2) is 23.4. The number of hydrogen-bond acceptors (Lipinski definition) is 11. The van der Waals surface area contributed by atoms with Gasteiger partial charge in [-0.15, -0.1) is 12.4 Å². The van der Waals surface area contributed by atoms with Crippen LogP contribution in [0.15, 0.2) is 97.8 Å². The summed E-state index contributed by atoms with van der Waals surface area (Å²) in [6.45, 7) is 11.1. The summed E-state index contributed by atoms with van der Waals surface area (Å²) < 4.78 is 43.1. The van der Waals surface area contributed by atoms with Gasteiger partial charge in [0.25, 0.3) is 23.6 Å². The van der Waals surface area contributed by atoms with E-state index in [1.165, 1.54) is 24.3 Å². The molecular weight excluding hydrogens is 1150 g/mol. The van der Waals surface area contributed by atoms with Crippen LogP contribution in [-0.2, 0) is 50.1 Å². The topological polar surface area (TPSA) is 248 Å². The number of alkyl carbamates (subject to hydrolysis) is 1. The molecule has 2 saturated heterocycles.